The van der Waals surface area contributed by atoms with Crippen LogP contribution >= 0.6 is 11.6 Å². The Morgan fingerprint density at radius 1 is 0.640 bits per heavy atom. The molecule has 10 N–H and O–H groups in total. The number of unbranched alkanes of at least 4 members (excludes halogenated alkanes) is 11. The van der Waals surface area contributed by atoms with Crippen molar-refractivity contribution in [3.8, 4) is 0 Å². The molecule has 0 aliphatic heterocycles. The summed E-state index contributed by atoms with van der Waals surface area (Å²) in [6.07, 6.45) is 25.4. The number of carbonyl (C=O) groups excluding carboxylic acids is 5. The van der Waals surface area contributed by atoms with Crippen LogP contribution in [0.2, 0.25) is 0 Å². The van der Waals surface area contributed by atoms with Crippen LogP contribution in [0.5, 0.6) is 0 Å². The molecule has 6 saturated carbocycles. The Morgan fingerprint density at radius 2 is 1.04 bits per heavy atom. The van der Waals surface area contributed by atoms with Crippen molar-refractivity contribution < 1.29 is 82.8 Å². The van der Waals surface area contributed by atoms with Crippen LogP contribution in [0, 0.1) is 57.2 Å². The minimum absolute atomic E-state index is 0.0110. The molecule has 0 aromatic rings. The number of allylic oxidation sites excluding steroid dienone is 8. The summed E-state index contributed by atoms with van der Waals surface area (Å²) in [6, 6.07) is 0. The summed E-state index contributed by atoms with van der Waals surface area (Å²) >= 11 is 4.74. The molecule has 0 aromatic carbocycles. The molecule has 0 heterocycles. The molecule has 16 atom stereocenters. The van der Waals surface area contributed by atoms with Crippen molar-refractivity contribution in [2.75, 3.05) is 38.7 Å². The van der Waals surface area contributed by atoms with Gasteiger partial charge >= 0.3 is 17.9 Å². The number of hydrogen-bond acceptors (Lipinski definition) is 15. The normalized spacial score (nSPS) is 36.7. The lowest BCUT2D eigenvalue weighted by molar-refractivity contribution is -0.220. The molecule has 0 amide bonds. The van der Waals surface area contributed by atoms with E-state index in [9.17, 15) is 59.1 Å². The van der Waals surface area contributed by atoms with Crippen LogP contribution in [0.1, 0.15) is 210 Å². The predicted molar refractivity (Wildman–Crippen MR) is 338 cm³/mol. The highest BCUT2D eigenvalue weighted by Gasteiger charge is 2.77. The number of carbonyl (C=O) groups is 7. The smallest absolute Gasteiger partial charge is 0.320 e. The van der Waals surface area contributed by atoms with Crippen LogP contribution in [0.15, 0.2) is 47.6 Å². The Hall–Kier alpha value is -4.08. The maximum Gasteiger partial charge on any atom is 0.320 e. The van der Waals surface area contributed by atoms with Crippen molar-refractivity contribution in [1.29, 1.82) is 0 Å². The SMILES string of the molecule is CCCCCCCCC(=O)O.CCCCCCN.CCCCCCNCC(=O)OCC(=O)[C@@]1(O)[C@H](C)C[C@H]2[C@@H]3CCC4=CC(=O)C=C[C@]4(C)[C@@]3(F)[C@@H](O)C[C@@]21C.C[C@@H]1C[C@H]2[C@@H]3CCC4=CC(=O)C=C[C@]4(C)[C@@]3(F)[C@@H](O)C[C@]2(C)[C@@]1(O)C(=O)CO.O=C(O)CCl. The molecule has 8 aliphatic rings. The molecule has 20 heteroatoms. The third-order valence-electron chi connectivity index (χ3n) is 22.2. The average molecular weight is 1280 g/mol. The number of esters is 1. The number of aliphatic hydroxyl groups is 5. The molecule has 17 nitrogen and oxygen atoms in total. The first kappa shape index (κ1) is 77.4. The number of fused-ring (bicyclic) bond motifs is 10. The number of carboxylic acids is 2. The van der Waals surface area contributed by atoms with E-state index in [1.807, 2.05) is 0 Å². The number of nitrogens with two attached hydrogens (primary N) is 1. The number of Topliss-reactive ketones (excluding diaryl/α,β-unsaturated/α-hetero) is 2. The fourth-order valence-corrected chi connectivity index (χ4v) is 17.2. The lowest BCUT2D eigenvalue weighted by Crippen LogP contribution is -2.69. The number of rotatable bonds is 24. The van der Waals surface area contributed by atoms with Gasteiger partial charge in [0.15, 0.2) is 35.3 Å². The van der Waals surface area contributed by atoms with Gasteiger partial charge in [-0.2, -0.15) is 0 Å². The van der Waals surface area contributed by atoms with Gasteiger partial charge in [-0.05, 0) is 146 Å². The van der Waals surface area contributed by atoms with E-state index in [1.165, 1.54) is 75.7 Å². The largest absolute Gasteiger partial charge is 0.481 e. The summed E-state index contributed by atoms with van der Waals surface area (Å²) in [5.74, 6) is -6.86. The van der Waals surface area contributed by atoms with Crippen LogP contribution in [-0.4, -0.2) is 150 Å². The Bertz CT molecular complexity index is 2580. The van der Waals surface area contributed by atoms with E-state index in [1.54, 1.807) is 53.7 Å². The topological polar surface area (TPSA) is 308 Å². The van der Waals surface area contributed by atoms with E-state index in [2.05, 4.69) is 26.1 Å². The first-order valence-corrected chi connectivity index (χ1v) is 33.6. The number of halogens is 3. The average Bonchev–Trinajstić information content (AvgIpc) is 1.73. The zero-order chi connectivity index (χ0) is 67.0. The zero-order valence-corrected chi connectivity index (χ0v) is 55.5. The summed E-state index contributed by atoms with van der Waals surface area (Å²) in [5, 5.41) is 74.3. The number of aliphatic hydroxyl groups excluding tert-OH is 3. The molecule has 0 spiro atoms. The molecule has 6 fully saturated rings. The standard InChI is InChI=1S/C30H44FNO6.C22H29FO5.C9H18O2.C6H15N.C2H3ClO2/c1-5-6-7-8-13-32-17-26(36)38-18-25(35)30(37)19(2)14-23-22-10-9-20-15-21(33)11-12-27(20,3)29(22,31)24(34)16-28(23,30)4;1-12-8-16-15-5-4-13-9-14(25)6-7-19(13,2)21(15,23)17(26)10-20(16,3)22(12,28)18(27)11-24;1-2-3-4-5-6-7-8-9(10)11;1-2-3-4-5-6-7;3-1-2(4)5/h11-12,15,19,22-24,32,34,37H,5-10,13-14,16-18H2,1-4H3;6-7,9,12,15-17,24,26,28H,4-5,8,10-11H2,1-3H3;2-8H2,1H3,(H,10,11);2-7H2,1H3;1H2,(H,4,5)/t19-,22+,23+,24+,27+,28+,29+,30+;12-,15+,16+,17+,19+,20+,21+,22+;;;/m11.../s1. The van der Waals surface area contributed by atoms with Crippen molar-refractivity contribution in [2.45, 2.75) is 245 Å². The zero-order valence-electron chi connectivity index (χ0n) is 54.7. The number of aliphatic carboxylic acids is 2. The van der Waals surface area contributed by atoms with Crippen LogP contribution in [0.25, 0.3) is 0 Å². The summed E-state index contributed by atoms with van der Waals surface area (Å²) < 4.78 is 39.3. The molecule has 0 aromatic heterocycles. The monoisotopic (exact) mass is 1280 g/mol. The van der Waals surface area contributed by atoms with E-state index in [0.29, 0.717) is 62.6 Å². The van der Waals surface area contributed by atoms with Gasteiger partial charge in [0.2, 0.25) is 5.78 Å². The minimum Gasteiger partial charge on any atom is -0.481 e. The van der Waals surface area contributed by atoms with Gasteiger partial charge in [-0.1, -0.05) is 142 Å². The van der Waals surface area contributed by atoms with E-state index in [-0.39, 0.29) is 48.7 Å². The third-order valence-corrected chi connectivity index (χ3v) is 22.4. The van der Waals surface area contributed by atoms with Crippen LogP contribution in [0.4, 0.5) is 8.78 Å². The maximum absolute atomic E-state index is 17.2. The van der Waals surface area contributed by atoms with Gasteiger partial charge in [0.05, 0.1) is 18.8 Å². The summed E-state index contributed by atoms with van der Waals surface area (Å²) in [7, 11) is 0. The van der Waals surface area contributed by atoms with Gasteiger partial charge in [0.1, 0.15) is 23.7 Å². The van der Waals surface area contributed by atoms with Crippen LogP contribution < -0.4 is 11.1 Å². The van der Waals surface area contributed by atoms with E-state index in [0.717, 1.165) is 45.1 Å². The number of alkyl halides is 3. The van der Waals surface area contributed by atoms with Gasteiger partial charge < -0.3 is 51.5 Å². The quantitative estimate of drug-likeness (QED) is 0.0246. The van der Waals surface area contributed by atoms with E-state index < -0.39 is 123 Å². The molecule has 89 heavy (non-hydrogen) atoms. The first-order valence-electron chi connectivity index (χ1n) is 33.1. The van der Waals surface area contributed by atoms with Gasteiger partial charge in [-0.15, -0.1) is 11.6 Å². The fraction of sp³-hybridized carbons (Fsp3) is 0.783. The highest BCUT2D eigenvalue weighted by Crippen LogP contribution is 2.72. The van der Waals surface area contributed by atoms with Gasteiger partial charge in [0.25, 0.3) is 0 Å². The van der Waals surface area contributed by atoms with Crippen molar-refractivity contribution in [3.63, 3.8) is 0 Å². The van der Waals surface area contributed by atoms with E-state index >= 15 is 8.78 Å². The third kappa shape index (κ3) is 15.8. The Labute approximate surface area is 532 Å². The lowest BCUT2D eigenvalue weighted by atomic mass is 9.44. The predicted octanol–water partition coefficient (Wildman–Crippen LogP) is 10.2. The van der Waals surface area contributed by atoms with Crippen molar-refractivity contribution >= 4 is 52.6 Å². The summed E-state index contributed by atoms with van der Waals surface area (Å²) in [6.45, 7) is 17.3. The lowest BCUT2D eigenvalue weighted by Gasteiger charge is -2.62. The van der Waals surface area contributed by atoms with Crippen molar-refractivity contribution in [1.82, 2.24) is 5.32 Å². The molecule has 506 valence electrons. The number of nitrogens with one attached hydrogen (secondary N) is 1. The molecular formula is C69H109ClF2N2O15. The van der Waals surface area contributed by atoms with Gasteiger partial charge in [-0.3, -0.25) is 33.6 Å². The van der Waals surface area contributed by atoms with Crippen molar-refractivity contribution in [2.24, 2.45) is 62.9 Å². The molecule has 8 rings (SSSR count). The highest BCUT2D eigenvalue weighted by atomic mass is 35.5. The second kappa shape index (κ2) is 33.2. The minimum atomic E-state index is -2.03. The molecule has 8 aliphatic carbocycles. The second-order valence-electron chi connectivity index (χ2n) is 27.5. The number of carboxylic acid groups (broad SMARTS) is 2. The van der Waals surface area contributed by atoms with Crippen LogP contribution in [-0.2, 0) is 38.3 Å². The number of ketones is 4. The molecule has 0 unspecified atom stereocenters. The number of ether oxygens (including phenoxy) is 1. The van der Waals surface area contributed by atoms with Crippen LogP contribution in [0.3, 0.4) is 0 Å². The number of hydrogen-bond donors (Lipinski definition) is 9. The maximum atomic E-state index is 17.2. The fourth-order valence-electron chi connectivity index (χ4n) is 17.2. The highest BCUT2D eigenvalue weighted by molar-refractivity contribution is 6.26. The molecule has 0 saturated heterocycles. The van der Waals surface area contributed by atoms with E-state index in [4.69, 9.17) is 32.3 Å². The Kier molecular flexibility index (Phi) is 28.8. The molecule has 0 radical (unpaired) electrons. The second-order valence-corrected chi connectivity index (χ2v) is 27.8. The van der Waals surface area contributed by atoms with Gasteiger partial charge in [-0.25, -0.2) is 8.78 Å². The molecule has 0 bridgehead atoms. The Balaban J connectivity index is 0.000000287. The Morgan fingerprint density at radius 3 is 1.45 bits per heavy atom. The first-order chi connectivity index (χ1) is 41.8. The molecular weight excluding hydrogens is 1170 g/mol. The van der Waals surface area contributed by atoms with Gasteiger partial charge in [0, 0.05) is 39.9 Å². The summed E-state index contributed by atoms with van der Waals surface area (Å²) in [5.41, 5.74) is -5.31. The summed E-state index contributed by atoms with van der Waals surface area (Å²) in [4.78, 5) is 81.4. The van der Waals surface area contributed by atoms with Crippen molar-refractivity contribution in [3.05, 3.63) is 47.6 Å².